The third-order valence-electron chi connectivity index (χ3n) is 6.18. The molecular weight excluding hydrogens is 380 g/mol. The van der Waals surface area contributed by atoms with Crippen LogP contribution in [0, 0.1) is 5.92 Å². The summed E-state index contributed by atoms with van der Waals surface area (Å²) in [6.07, 6.45) is 6.03. The van der Waals surface area contributed by atoms with E-state index in [1.807, 2.05) is 19.1 Å². The van der Waals surface area contributed by atoms with E-state index in [1.54, 1.807) is 17.2 Å². The van der Waals surface area contributed by atoms with Gasteiger partial charge >= 0.3 is 0 Å². The summed E-state index contributed by atoms with van der Waals surface area (Å²) in [5, 5.41) is 0. The van der Waals surface area contributed by atoms with Gasteiger partial charge in [0.15, 0.2) is 0 Å². The van der Waals surface area contributed by atoms with Crippen LogP contribution < -0.4 is 21.1 Å². The number of carbonyl (C=O) groups excluding carboxylic acids is 2. The number of nitrogens with zero attached hydrogens (tertiary/aromatic N) is 2. The van der Waals surface area contributed by atoms with Crippen molar-refractivity contribution in [1.82, 2.24) is 4.98 Å². The molecule has 4 N–H and O–H groups in total. The van der Waals surface area contributed by atoms with E-state index < -0.39 is 0 Å². The number of pyridine rings is 1. The highest BCUT2D eigenvalue weighted by Gasteiger charge is 2.31. The minimum atomic E-state index is -0.208. The molecule has 0 radical (unpaired) electrons. The van der Waals surface area contributed by atoms with Gasteiger partial charge in [0, 0.05) is 18.3 Å². The molecule has 0 unspecified atom stereocenters. The molecule has 1 fully saturated rings. The zero-order chi connectivity index (χ0) is 21.3. The van der Waals surface area contributed by atoms with Gasteiger partial charge in [-0.1, -0.05) is 12.1 Å². The van der Waals surface area contributed by atoms with Gasteiger partial charge in [-0.2, -0.15) is 0 Å². The average molecular weight is 409 g/mol. The molecule has 4 rings (SSSR count). The zero-order valence-corrected chi connectivity index (χ0v) is 17.2. The second-order valence-corrected chi connectivity index (χ2v) is 8.39. The highest BCUT2D eigenvalue weighted by Crippen LogP contribution is 2.38. The van der Waals surface area contributed by atoms with Gasteiger partial charge in [-0.25, -0.2) is 4.98 Å². The summed E-state index contributed by atoms with van der Waals surface area (Å²) in [5.41, 5.74) is 13.7. The normalized spacial score (nSPS) is 24.0. The summed E-state index contributed by atoms with van der Waals surface area (Å²) < 4.78 is 5.90. The number of amides is 2. The number of hydrogen-bond acceptors (Lipinski definition) is 5. The Morgan fingerprint density at radius 1 is 1.17 bits per heavy atom. The maximum atomic E-state index is 13.2. The van der Waals surface area contributed by atoms with Crippen LogP contribution in [0.25, 0.3) is 0 Å². The summed E-state index contributed by atoms with van der Waals surface area (Å²) in [7, 11) is 0. The predicted octanol–water partition coefficient (Wildman–Crippen LogP) is 3.24. The first-order chi connectivity index (χ1) is 14.4. The van der Waals surface area contributed by atoms with Gasteiger partial charge in [-0.3, -0.25) is 9.59 Å². The van der Waals surface area contributed by atoms with Crippen LogP contribution in [-0.2, 0) is 4.79 Å². The Morgan fingerprint density at radius 2 is 1.87 bits per heavy atom. The van der Waals surface area contributed by atoms with Crippen LogP contribution >= 0.6 is 0 Å². The first kappa shape index (κ1) is 20.2. The van der Waals surface area contributed by atoms with E-state index in [0.29, 0.717) is 36.1 Å². The highest BCUT2D eigenvalue weighted by molar-refractivity contribution is 6.11. The lowest BCUT2D eigenvalue weighted by Crippen LogP contribution is -2.36. The molecule has 2 amide bonds. The third-order valence-corrected chi connectivity index (χ3v) is 6.18. The van der Waals surface area contributed by atoms with Gasteiger partial charge in [-0.05, 0) is 68.2 Å². The molecule has 7 nitrogen and oxygen atoms in total. The molecule has 0 bridgehead atoms. The molecule has 1 aromatic carbocycles. The third kappa shape index (κ3) is 4.10. The maximum absolute atomic E-state index is 13.2. The van der Waals surface area contributed by atoms with Crippen molar-refractivity contribution in [3.05, 3.63) is 47.7 Å². The van der Waals surface area contributed by atoms with Crippen molar-refractivity contribution in [1.29, 1.82) is 0 Å². The monoisotopic (exact) mass is 408 g/mol. The molecule has 2 heterocycles. The van der Waals surface area contributed by atoms with E-state index in [1.165, 1.54) is 5.56 Å². The molecule has 30 heavy (non-hydrogen) atoms. The van der Waals surface area contributed by atoms with Gasteiger partial charge in [0.05, 0.1) is 6.54 Å². The molecule has 1 atom stereocenters. The van der Waals surface area contributed by atoms with Crippen LogP contribution in [0.5, 0.6) is 5.75 Å². The van der Waals surface area contributed by atoms with Crippen LogP contribution in [0.2, 0.25) is 0 Å². The van der Waals surface area contributed by atoms with E-state index in [0.717, 1.165) is 31.4 Å². The fraction of sp³-hybridized carbons (Fsp3) is 0.435. The van der Waals surface area contributed by atoms with Gasteiger partial charge < -0.3 is 21.1 Å². The number of nitrogen functional groups attached to an aromatic ring is 1. The number of primary amides is 1. The summed E-state index contributed by atoms with van der Waals surface area (Å²) >= 11 is 0. The minimum absolute atomic E-state index is 0.169. The van der Waals surface area contributed by atoms with Crippen LogP contribution in [-0.4, -0.2) is 29.4 Å². The largest absolute Gasteiger partial charge is 0.488 e. The number of rotatable bonds is 4. The van der Waals surface area contributed by atoms with E-state index in [2.05, 4.69) is 17.1 Å². The Balaban J connectivity index is 1.51. The predicted molar refractivity (Wildman–Crippen MR) is 115 cm³/mol. The van der Waals surface area contributed by atoms with Crippen LogP contribution in [0.1, 0.15) is 60.9 Å². The molecule has 1 aliphatic heterocycles. The van der Waals surface area contributed by atoms with Crippen molar-refractivity contribution >= 4 is 23.3 Å². The Morgan fingerprint density at radius 3 is 2.53 bits per heavy atom. The van der Waals surface area contributed by atoms with Gasteiger partial charge in [0.25, 0.3) is 5.91 Å². The quantitative estimate of drug-likeness (QED) is 0.807. The van der Waals surface area contributed by atoms with Crippen molar-refractivity contribution in [3.63, 3.8) is 0 Å². The van der Waals surface area contributed by atoms with Crippen molar-refractivity contribution in [2.75, 3.05) is 17.2 Å². The Hall–Kier alpha value is -3.09. The number of fused-ring (bicyclic) bond motifs is 1. The van der Waals surface area contributed by atoms with Crippen molar-refractivity contribution in [2.24, 2.45) is 11.7 Å². The summed E-state index contributed by atoms with van der Waals surface area (Å²) in [6.45, 7) is 2.37. The Kier molecular flexibility index (Phi) is 5.61. The van der Waals surface area contributed by atoms with Crippen molar-refractivity contribution < 1.29 is 14.3 Å². The van der Waals surface area contributed by atoms with Crippen molar-refractivity contribution in [2.45, 2.75) is 51.0 Å². The summed E-state index contributed by atoms with van der Waals surface area (Å²) in [4.78, 5) is 30.1. The topological polar surface area (TPSA) is 112 Å². The number of ether oxygens (including phenoxy) is 1. The lowest BCUT2D eigenvalue weighted by atomic mass is 9.77. The number of hydrogen-bond donors (Lipinski definition) is 2. The number of nitrogens with two attached hydrogens (primary N) is 2. The molecule has 158 valence electrons. The van der Waals surface area contributed by atoms with Crippen LogP contribution in [0.15, 0.2) is 36.5 Å². The fourth-order valence-corrected chi connectivity index (χ4v) is 4.64. The standard InChI is InChI=1S/C23H28N4O3/c1-14-13-27(23(29)21-19(30-14)10-11-26-22(21)25)18-8-6-17(7-9-18)16-4-2-15(3-5-16)12-20(24)28/h6-11,14-16H,2-5,12-13H2,1H3,(H2,24,28)(H2,25,26)/t14-,15-,16-/m1/s1. The second-order valence-electron chi connectivity index (χ2n) is 8.39. The lowest BCUT2D eigenvalue weighted by molar-refractivity contribution is -0.119. The number of benzene rings is 1. The maximum Gasteiger partial charge on any atom is 0.265 e. The Bertz CT molecular complexity index is 936. The average Bonchev–Trinajstić information content (AvgIpc) is 2.85. The zero-order valence-electron chi connectivity index (χ0n) is 17.2. The van der Waals surface area contributed by atoms with Crippen LogP contribution in [0.4, 0.5) is 11.5 Å². The van der Waals surface area contributed by atoms with Gasteiger partial charge in [-0.15, -0.1) is 0 Å². The van der Waals surface area contributed by atoms with Crippen molar-refractivity contribution in [3.8, 4) is 5.75 Å². The molecule has 2 aliphatic rings. The van der Waals surface area contributed by atoms with E-state index in [4.69, 9.17) is 16.2 Å². The number of aromatic nitrogens is 1. The highest BCUT2D eigenvalue weighted by atomic mass is 16.5. The van der Waals surface area contributed by atoms with E-state index in [9.17, 15) is 9.59 Å². The molecule has 0 saturated heterocycles. The number of anilines is 2. The second kappa shape index (κ2) is 8.34. The number of carbonyl (C=O) groups is 2. The minimum Gasteiger partial charge on any atom is -0.488 e. The molecule has 7 heteroatoms. The van der Waals surface area contributed by atoms with Crippen LogP contribution in [0.3, 0.4) is 0 Å². The molecule has 2 aromatic rings. The first-order valence-corrected chi connectivity index (χ1v) is 10.5. The van der Waals surface area contributed by atoms with Gasteiger partial charge in [0.2, 0.25) is 5.91 Å². The van der Waals surface area contributed by atoms with E-state index >= 15 is 0 Å². The summed E-state index contributed by atoms with van der Waals surface area (Å²) in [5.74, 6) is 1.15. The van der Waals surface area contributed by atoms with Gasteiger partial charge in [0.1, 0.15) is 23.2 Å². The molecule has 0 spiro atoms. The molecular formula is C23H28N4O3. The first-order valence-electron chi connectivity index (χ1n) is 10.5. The molecule has 1 saturated carbocycles. The SMILES string of the molecule is C[C@@H]1CN(c2ccc([C@H]3CC[C@H](CC(N)=O)CC3)cc2)C(=O)c2c(ccnc2N)O1. The smallest absolute Gasteiger partial charge is 0.265 e. The lowest BCUT2D eigenvalue weighted by Gasteiger charge is -2.29. The molecule has 1 aliphatic carbocycles. The van der Waals surface area contributed by atoms with E-state index in [-0.39, 0.29) is 23.7 Å². The summed E-state index contributed by atoms with van der Waals surface area (Å²) in [6, 6.07) is 9.87. The Labute approximate surface area is 176 Å². The fourth-order valence-electron chi connectivity index (χ4n) is 4.64. The molecule has 1 aromatic heterocycles.